The highest BCUT2D eigenvalue weighted by Crippen LogP contribution is 2.23. The molecule has 0 saturated heterocycles. The van der Waals surface area contributed by atoms with Gasteiger partial charge in [-0.05, 0) is 6.92 Å². The van der Waals surface area contributed by atoms with Crippen molar-refractivity contribution in [2.24, 2.45) is 0 Å². The lowest BCUT2D eigenvalue weighted by Gasteiger charge is -1.93. The lowest BCUT2D eigenvalue weighted by molar-refractivity contribution is 0.0605. The lowest BCUT2D eigenvalue weighted by atomic mass is 10.4. The molecular formula is C10H8N4O2S. The third-order valence-electron chi connectivity index (χ3n) is 1.75. The summed E-state index contributed by atoms with van der Waals surface area (Å²) in [6, 6.07) is 3.40. The van der Waals surface area contributed by atoms with E-state index in [1.807, 2.05) is 0 Å². The van der Waals surface area contributed by atoms with Gasteiger partial charge in [0.25, 0.3) is 0 Å². The first-order valence-electron chi connectivity index (χ1n) is 4.45. The Morgan fingerprint density at radius 2 is 2.18 bits per heavy atom. The first-order chi connectivity index (χ1) is 8.12. The van der Waals surface area contributed by atoms with Gasteiger partial charge in [0.15, 0.2) is 5.13 Å². The Morgan fingerprint density at radius 1 is 1.53 bits per heavy atom. The summed E-state index contributed by atoms with van der Waals surface area (Å²) in [5.74, 6) is -0.460. The number of thiazole rings is 1. The van der Waals surface area contributed by atoms with Crippen molar-refractivity contribution >= 4 is 22.4 Å². The maximum Gasteiger partial charge on any atom is 0.350 e. The number of hydrogen-bond acceptors (Lipinski definition) is 7. The number of hydrogen-bond donors (Lipinski definition) is 1. The number of carbonyl (C=O) groups is 1. The van der Waals surface area contributed by atoms with Crippen molar-refractivity contribution in [2.45, 2.75) is 6.92 Å². The molecule has 0 atom stereocenters. The number of methoxy groups -OCH3 is 1. The number of ether oxygens (including phenoxy) is 1. The molecule has 0 aliphatic rings. The summed E-state index contributed by atoms with van der Waals surface area (Å²) in [4.78, 5) is 15.7. The van der Waals surface area contributed by atoms with Crippen LogP contribution in [0.15, 0.2) is 11.8 Å². The van der Waals surface area contributed by atoms with Crippen LogP contribution >= 0.6 is 11.3 Å². The standard InChI is InChI=1S/C10H8N4O2S/c1-6-8(9(15)16-2)17-10(14-6)13-5-7(3-11)4-12/h5H,1-2H3,(H,13,14). The summed E-state index contributed by atoms with van der Waals surface area (Å²) in [7, 11) is 1.29. The quantitative estimate of drug-likeness (QED) is 0.644. The van der Waals surface area contributed by atoms with Gasteiger partial charge in [-0.25, -0.2) is 9.78 Å². The second kappa shape index (κ2) is 5.64. The number of aromatic nitrogens is 1. The molecule has 0 amide bonds. The molecule has 17 heavy (non-hydrogen) atoms. The van der Waals surface area contributed by atoms with Crippen LogP contribution in [-0.4, -0.2) is 18.1 Å². The van der Waals surface area contributed by atoms with E-state index in [0.29, 0.717) is 15.7 Å². The van der Waals surface area contributed by atoms with Gasteiger partial charge >= 0.3 is 5.97 Å². The zero-order valence-electron chi connectivity index (χ0n) is 9.14. The average Bonchev–Trinajstić information content (AvgIpc) is 2.71. The Bertz CT molecular complexity index is 532. The fraction of sp³-hybridized carbons (Fsp3) is 0.200. The maximum absolute atomic E-state index is 11.3. The number of carbonyl (C=O) groups excluding carboxylic acids is 1. The SMILES string of the molecule is COC(=O)c1sc(NC=C(C#N)C#N)nc1C. The summed E-state index contributed by atoms with van der Waals surface area (Å²) in [6.45, 7) is 1.67. The van der Waals surface area contributed by atoms with Gasteiger partial charge in [0.1, 0.15) is 22.6 Å². The van der Waals surface area contributed by atoms with Crippen LogP contribution in [0.3, 0.4) is 0 Å². The molecule has 86 valence electrons. The van der Waals surface area contributed by atoms with Gasteiger partial charge in [-0.15, -0.1) is 0 Å². The minimum absolute atomic E-state index is 0.0718. The molecule has 0 bridgehead atoms. The first-order valence-corrected chi connectivity index (χ1v) is 5.26. The van der Waals surface area contributed by atoms with E-state index < -0.39 is 5.97 Å². The number of aryl methyl sites for hydroxylation is 1. The summed E-state index contributed by atoms with van der Waals surface area (Å²) >= 11 is 1.09. The van der Waals surface area contributed by atoms with Gasteiger partial charge in [-0.1, -0.05) is 11.3 Å². The van der Waals surface area contributed by atoms with Gasteiger partial charge < -0.3 is 10.1 Å². The van der Waals surface area contributed by atoms with Crippen molar-refractivity contribution in [3.05, 3.63) is 22.3 Å². The highest BCUT2D eigenvalue weighted by atomic mass is 32.1. The third-order valence-corrected chi connectivity index (χ3v) is 2.82. The predicted octanol–water partition coefficient (Wildman–Crippen LogP) is 1.58. The van der Waals surface area contributed by atoms with E-state index in [9.17, 15) is 4.79 Å². The lowest BCUT2D eigenvalue weighted by Crippen LogP contribution is -1.99. The molecule has 0 aliphatic carbocycles. The topological polar surface area (TPSA) is 98.8 Å². The Kier molecular flexibility index (Phi) is 4.21. The summed E-state index contributed by atoms with van der Waals surface area (Å²) in [5, 5.41) is 20.1. The molecule has 1 rings (SSSR count). The van der Waals surface area contributed by atoms with Crippen LogP contribution in [0.1, 0.15) is 15.4 Å². The molecule has 0 aliphatic heterocycles. The molecule has 0 radical (unpaired) electrons. The highest BCUT2D eigenvalue weighted by molar-refractivity contribution is 7.17. The molecule has 0 fully saturated rings. The Balaban J connectivity index is 2.90. The molecular weight excluding hydrogens is 240 g/mol. The molecule has 1 aromatic heterocycles. The van der Waals surface area contributed by atoms with E-state index in [1.54, 1.807) is 19.1 Å². The van der Waals surface area contributed by atoms with Gasteiger partial charge in [0.2, 0.25) is 0 Å². The molecule has 7 heteroatoms. The largest absolute Gasteiger partial charge is 0.465 e. The first kappa shape index (κ1) is 12.7. The number of nitriles is 2. The van der Waals surface area contributed by atoms with E-state index in [1.165, 1.54) is 13.3 Å². The maximum atomic E-state index is 11.3. The molecule has 0 aromatic carbocycles. The highest BCUT2D eigenvalue weighted by Gasteiger charge is 2.14. The van der Waals surface area contributed by atoms with Crippen molar-refractivity contribution in [1.29, 1.82) is 10.5 Å². The van der Waals surface area contributed by atoms with E-state index in [-0.39, 0.29) is 5.57 Å². The minimum atomic E-state index is -0.460. The van der Waals surface area contributed by atoms with Crippen LogP contribution in [0.4, 0.5) is 5.13 Å². The number of nitrogens with one attached hydrogen (secondary N) is 1. The molecule has 0 saturated carbocycles. The Hall–Kier alpha value is -2.38. The van der Waals surface area contributed by atoms with Crippen LogP contribution in [0, 0.1) is 29.6 Å². The number of allylic oxidation sites excluding steroid dienone is 1. The second-order valence-corrected chi connectivity index (χ2v) is 3.85. The summed E-state index contributed by atoms with van der Waals surface area (Å²) in [6.07, 6.45) is 1.24. The molecule has 6 nitrogen and oxygen atoms in total. The summed E-state index contributed by atoms with van der Waals surface area (Å²) in [5.41, 5.74) is 0.464. The zero-order valence-corrected chi connectivity index (χ0v) is 9.96. The average molecular weight is 248 g/mol. The second-order valence-electron chi connectivity index (χ2n) is 2.85. The van der Waals surface area contributed by atoms with Crippen molar-refractivity contribution < 1.29 is 9.53 Å². The molecule has 0 spiro atoms. The molecule has 1 heterocycles. The van der Waals surface area contributed by atoms with Gasteiger partial charge in [-0.3, -0.25) is 0 Å². The van der Waals surface area contributed by atoms with Crippen LogP contribution in [0.25, 0.3) is 0 Å². The third kappa shape index (κ3) is 3.03. The molecule has 0 unspecified atom stereocenters. The van der Waals surface area contributed by atoms with Crippen LogP contribution in [0.5, 0.6) is 0 Å². The minimum Gasteiger partial charge on any atom is -0.465 e. The summed E-state index contributed by atoms with van der Waals surface area (Å²) < 4.78 is 4.58. The van der Waals surface area contributed by atoms with Crippen molar-refractivity contribution in [1.82, 2.24) is 4.98 Å². The molecule has 1 N–H and O–H groups in total. The smallest absolute Gasteiger partial charge is 0.350 e. The Labute approximate surface area is 102 Å². The fourth-order valence-corrected chi connectivity index (χ4v) is 1.82. The van der Waals surface area contributed by atoms with E-state index in [2.05, 4.69) is 15.0 Å². The fourth-order valence-electron chi connectivity index (χ4n) is 0.964. The number of nitrogens with zero attached hydrogens (tertiary/aromatic N) is 3. The van der Waals surface area contributed by atoms with E-state index in [4.69, 9.17) is 10.5 Å². The van der Waals surface area contributed by atoms with Crippen LogP contribution < -0.4 is 5.32 Å². The van der Waals surface area contributed by atoms with Crippen molar-refractivity contribution in [3.8, 4) is 12.1 Å². The number of esters is 1. The van der Waals surface area contributed by atoms with Crippen LogP contribution in [-0.2, 0) is 4.74 Å². The van der Waals surface area contributed by atoms with Crippen LogP contribution in [0.2, 0.25) is 0 Å². The van der Waals surface area contributed by atoms with Gasteiger partial charge in [0.05, 0.1) is 12.8 Å². The van der Waals surface area contributed by atoms with E-state index >= 15 is 0 Å². The number of rotatable bonds is 3. The van der Waals surface area contributed by atoms with Crippen molar-refractivity contribution in [3.63, 3.8) is 0 Å². The number of anilines is 1. The molecule has 1 aromatic rings. The Morgan fingerprint density at radius 3 is 2.71 bits per heavy atom. The van der Waals surface area contributed by atoms with Gasteiger partial charge in [0, 0.05) is 6.20 Å². The van der Waals surface area contributed by atoms with Gasteiger partial charge in [-0.2, -0.15) is 10.5 Å². The predicted molar refractivity (Wildman–Crippen MR) is 61.1 cm³/mol. The normalized spacial score (nSPS) is 8.71. The van der Waals surface area contributed by atoms with E-state index in [0.717, 1.165) is 11.3 Å². The van der Waals surface area contributed by atoms with Crippen molar-refractivity contribution in [2.75, 3.05) is 12.4 Å². The zero-order chi connectivity index (χ0) is 12.8. The monoisotopic (exact) mass is 248 g/mol.